The van der Waals surface area contributed by atoms with Crippen molar-refractivity contribution >= 4 is 6.47 Å². The first-order chi connectivity index (χ1) is 5.41. The average Bonchev–Trinajstić information content (AvgIpc) is 2.03. The summed E-state index contributed by atoms with van der Waals surface area (Å²) in [6, 6.07) is 0. The third kappa shape index (κ3) is 8.95. The van der Waals surface area contributed by atoms with Crippen molar-refractivity contribution in [3.8, 4) is 0 Å². The van der Waals surface area contributed by atoms with Crippen LogP contribution in [0.4, 0.5) is 0 Å². The molecule has 0 aromatic heterocycles. The molecule has 0 aromatic rings. The predicted octanol–water partition coefficient (Wildman–Crippen LogP) is 1.98. The fraction of sp³-hybridized carbons (Fsp3) is 0.444. The molecule has 0 amide bonds. The maximum absolute atomic E-state index is 9.55. The van der Waals surface area contributed by atoms with Crippen molar-refractivity contribution in [2.24, 2.45) is 0 Å². The van der Waals surface area contributed by atoms with Gasteiger partial charge in [-0.2, -0.15) is 0 Å². The van der Waals surface area contributed by atoms with Crippen LogP contribution in [0.2, 0.25) is 0 Å². The zero-order chi connectivity index (χ0) is 8.36. The SMILES string of the molecule is CC=CCCC=CCO[C]=O. The van der Waals surface area contributed by atoms with Gasteiger partial charge >= 0.3 is 6.47 Å². The normalized spacial score (nSPS) is 11.0. The van der Waals surface area contributed by atoms with Gasteiger partial charge in [0.25, 0.3) is 0 Å². The fourth-order valence-electron chi connectivity index (χ4n) is 0.627. The van der Waals surface area contributed by atoms with Crippen LogP contribution in [-0.4, -0.2) is 13.1 Å². The van der Waals surface area contributed by atoms with Crippen LogP contribution in [0, 0.1) is 0 Å². The van der Waals surface area contributed by atoms with E-state index in [0.717, 1.165) is 12.8 Å². The van der Waals surface area contributed by atoms with Crippen LogP contribution >= 0.6 is 0 Å². The van der Waals surface area contributed by atoms with E-state index >= 15 is 0 Å². The van der Waals surface area contributed by atoms with Crippen molar-refractivity contribution in [1.29, 1.82) is 0 Å². The molecule has 2 heteroatoms. The second-order valence-electron chi connectivity index (χ2n) is 2.01. The molecule has 0 atom stereocenters. The largest absolute Gasteiger partial charge is 0.453 e. The summed E-state index contributed by atoms with van der Waals surface area (Å²) >= 11 is 0. The molecule has 0 unspecified atom stereocenters. The Morgan fingerprint density at radius 1 is 1.27 bits per heavy atom. The number of ether oxygens (including phenoxy) is 1. The summed E-state index contributed by atoms with van der Waals surface area (Å²) in [5.74, 6) is 0. The summed E-state index contributed by atoms with van der Waals surface area (Å²) in [5.41, 5.74) is 0. The topological polar surface area (TPSA) is 26.3 Å². The maximum atomic E-state index is 9.55. The Kier molecular flexibility index (Phi) is 8.10. The van der Waals surface area contributed by atoms with Crippen molar-refractivity contribution in [2.75, 3.05) is 6.61 Å². The molecule has 0 aromatic carbocycles. The zero-order valence-corrected chi connectivity index (χ0v) is 6.75. The molecule has 0 N–H and O–H groups in total. The highest BCUT2D eigenvalue weighted by Gasteiger charge is 1.77. The van der Waals surface area contributed by atoms with Crippen LogP contribution < -0.4 is 0 Å². The predicted molar refractivity (Wildman–Crippen MR) is 44.8 cm³/mol. The quantitative estimate of drug-likeness (QED) is 0.431. The summed E-state index contributed by atoms with van der Waals surface area (Å²) < 4.78 is 4.33. The van der Waals surface area contributed by atoms with Gasteiger partial charge in [-0.15, -0.1) is 0 Å². The monoisotopic (exact) mass is 153 g/mol. The number of hydrogen-bond donors (Lipinski definition) is 0. The molecule has 0 aliphatic heterocycles. The van der Waals surface area contributed by atoms with Gasteiger partial charge in [0.1, 0.15) is 6.61 Å². The molecule has 61 valence electrons. The standard InChI is InChI=1S/C9H13O2/c1-2-3-4-5-6-7-8-11-9-10/h2-3,6-7H,4-5,8H2,1H3. The van der Waals surface area contributed by atoms with E-state index in [-0.39, 0.29) is 0 Å². The second-order valence-corrected chi connectivity index (χ2v) is 2.01. The molecule has 0 aliphatic carbocycles. The Bertz CT molecular complexity index is 136. The molecular formula is C9H13O2. The summed E-state index contributed by atoms with van der Waals surface area (Å²) in [6.07, 6.45) is 9.94. The Morgan fingerprint density at radius 3 is 2.64 bits per heavy atom. The lowest BCUT2D eigenvalue weighted by molar-refractivity contribution is 0.313. The highest BCUT2D eigenvalue weighted by Crippen LogP contribution is 1.91. The molecule has 0 spiro atoms. The lowest BCUT2D eigenvalue weighted by Crippen LogP contribution is -1.84. The van der Waals surface area contributed by atoms with Gasteiger partial charge in [0.05, 0.1) is 0 Å². The van der Waals surface area contributed by atoms with Gasteiger partial charge in [0.2, 0.25) is 0 Å². The van der Waals surface area contributed by atoms with E-state index in [1.54, 1.807) is 0 Å². The average molecular weight is 153 g/mol. The summed E-state index contributed by atoms with van der Waals surface area (Å²) in [5, 5.41) is 0. The van der Waals surface area contributed by atoms with Crippen molar-refractivity contribution in [3.05, 3.63) is 24.3 Å². The minimum Gasteiger partial charge on any atom is -0.453 e. The third-order valence-electron chi connectivity index (χ3n) is 1.14. The van der Waals surface area contributed by atoms with E-state index < -0.39 is 0 Å². The highest BCUT2D eigenvalue weighted by atomic mass is 16.5. The number of carbonyl (C=O) groups excluding carboxylic acids is 1. The van der Waals surface area contributed by atoms with Gasteiger partial charge in [-0.05, 0) is 19.8 Å². The van der Waals surface area contributed by atoms with Crippen LogP contribution in [0.25, 0.3) is 0 Å². The lowest BCUT2D eigenvalue weighted by Gasteiger charge is -1.87. The third-order valence-corrected chi connectivity index (χ3v) is 1.14. The van der Waals surface area contributed by atoms with E-state index in [2.05, 4.69) is 10.8 Å². The van der Waals surface area contributed by atoms with Gasteiger partial charge in [0.15, 0.2) is 0 Å². The van der Waals surface area contributed by atoms with Gasteiger partial charge in [0, 0.05) is 0 Å². The van der Waals surface area contributed by atoms with Crippen LogP contribution in [0.15, 0.2) is 24.3 Å². The first-order valence-corrected chi connectivity index (χ1v) is 3.67. The van der Waals surface area contributed by atoms with E-state index in [9.17, 15) is 4.79 Å². The summed E-state index contributed by atoms with van der Waals surface area (Å²) in [7, 11) is 0. The smallest absolute Gasteiger partial charge is 0.417 e. The van der Waals surface area contributed by atoms with Crippen LogP contribution in [-0.2, 0) is 9.53 Å². The molecule has 11 heavy (non-hydrogen) atoms. The van der Waals surface area contributed by atoms with E-state index in [4.69, 9.17) is 0 Å². The number of allylic oxidation sites excluding steroid dienone is 3. The van der Waals surface area contributed by atoms with Crippen LogP contribution in [0.3, 0.4) is 0 Å². The van der Waals surface area contributed by atoms with Crippen molar-refractivity contribution in [2.45, 2.75) is 19.8 Å². The minimum atomic E-state index is 0.333. The highest BCUT2D eigenvalue weighted by molar-refractivity contribution is 5.38. The number of rotatable bonds is 6. The van der Waals surface area contributed by atoms with E-state index in [1.165, 1.54) is 6.47 Å². The Balaban J connectivity index is 3.09. The lowest BCUT2D eigenvalue weighted by atomic mass is 10.3. The molecule has 1 radical (unpaired) electrons. The Hall–Kier alpha value is -1.05. The maximum Gasteiger partial charge on any atom is 0.417 e. The molecule has 2 nitrogen and oxygen atoms in total. The van der Waals surface area contributed by atoms with Gasteiger partial charge < -0.3 is 4.74 Å². The number of unbranched alkanes of at least 4 members (excludes halogenated alkanes) is 1. The Labute approximate surface area is 67.6 Å². The van der Waals surface area contributed by atoms with Crippen LogP contribution in [0.5, 0.6) is 0 Å². The summed E-state index contributed by atoms with van der Waals surface area (Å²) in [6.45, 7) is 3.68. The summed E-state index contributed by atoms with van der Waals surface area (Å²) in [4.78, 5) is 9.55. The fourth-order valence-corrected chi connectivity index (χ4v) is 0.627. The molecule has 0 heterocycles. The van der Waals surface area contributed by atoms with Gasteiger partial charge in [-0.1, -0.05) is 24.3 Å². The second kappa shape index (κ2) is 8.95. The molecule has 0 rings (SSSR count). The van der Waals surface area contributed by atoms with Crippen molar-refractivity contribution in [1.82, 2.24) is 0 Å². The molecule has 0 saturated carbocycles. The van der Waals surface area contributed by atoms with E-state index in [1.807, 2.05) is 25.2 Å². The molecule has 0 bridgehead atoms. The van der Waals surface area contributed by atoms with Gasteiger partial charge in [-0.25, -0.2) is 4.79 Å². The van der Waals surface area contributed by atoms with Crippen molar-refractivity contribution in [3.63, 3.8) is 0 Å². The minimum absolute atomic E-state index is 0.333. The first-order valence-electron chi connectivity index (χ1n) is 3.67. The van der Waals surface area contributed by atoms with Crippen molar-refractivity contribution < 1.29 is 9.53 Å². The number of hydrogen-bond acceptors (Lipinski definition) is 2. The van der Waals surface area contributed by atoms with Gasteiger partial charge in [-0.3, -0.25) is 0 Å². The molecule has 0 fully saturated rings. The molecular weight excluding hydrogens is 140 g/mol. The molecule has 0 saturated heterocycles. The molecule has 0 aliphatic rings. The van der Waals surface area contributed by atoms with E-state index in [0.29, 0.717) is 6.61 Å². The zero-order valence-electron chi connectivity index (χ0n) is 6.75. The van der Waals surface area contributed by atoms with Crippen LogP contribution in [0.1, 0.15) is 19.8 Å². The first kappa shape index (κ1) is 9.95. The Morgan fingerprint density at radius 2 is 2.00 bits per heavy atom.